The molecule has 0 radical (unpaired) electrons. The van der Waals surface area contributed by atoms with Crippen LogP contribution < -0.4 is 0 Å². The van der Waals surface area contributed by atoms with Gasteiger partial charge in [-0.25, -0.2) is 4.39 Å². The highest BCUT2D eigenvalue weighted by molar-refractivity contribution is 5.94. The molecule has 0 aliphatic carbocycles. The van der Waals surface area contributed by atoms with Crippen LogP contribution in [0, 0.1) is 12.7 Å². The summed E-state index contributed by atoms with van der Waals surface area (Å²) in [6.07, 6.45) is 0.775. The molecule has 0 N–H and O–H groups in total. The smallest absolute Gasteiger partial charge is 0.254 e. The van der Waals surface area contributed by atoms with Gasteiger partial charge in [-0.3, -0.25) is 4.79 Å². The number of morpholine rings is 1. The summed E-state index contributed by atoms with van der Waals surface area (Å²) in [5, 5.41) is 0. The molecule has 1 saturated heterocycles. The summed E-state index contributed by atoms with van der Waals surface area (Å²) in [5.41, 5.74) is 1.01. The molecule has 0 aromatic heterocycles. The molecule has 20 heavy (non-hydrogen) atoms. The molecule has 1 amide bonds. The average Bonchev–Trinajstić information content (AvgIpc) is 2.47. The maximum Gasteiger partial charge on any atom is 0.254 e. The first-order chi connectivity index (χ1) is 9.61. The normalized spacial score (nSPS) is 19.1. The third-order valence-corrected chi connectivity index (χ3v) is 3.47. The fourth-order valence-electron chi connectivity index (χ4n) is 2.29. The van der Waals surface area contributed by atoms with Crippen LogP contribution in [0.25, 0.3) is 0 Å². The van der Waals surface area contributed by atoms with Gasteiger partial charge in [-0.2, -0.15) is 0 Å². The maximum absolute atomic E-state index is 13.2. The Bertz CT molecular complexity index is 478. The number of hydrogen-bond acceptors (Lipinski definition) is 3. The van der Waals surface area contributed by atoms with E-state index in [2.05, 4.69) is 0 Å². The molecule has 1 heterocycles. The first kappa shape index (κ1) is 14.9. The van der Waals surface area contributed by atoms with Crippen molar-refractivity contribution >= 4 is 5.91 Å². The molecule has 2 rings (SSSR count). The van der Waals surface area contributed by atoms with Crippen LogP contribution in [0.4, 0.5) is 4.39 Å². The monoisotopic (exact) mass is 281 g/mol. The molecule has 0 unspecified atom stereocenters. The molecular weight excluding hydrogens is 261 g/mol. The zero-order valence-electron chi connectivity index (χ0n) is 11.9. The molecular formula is C15H20FNO3. The van der Waals surface area contributed by atoms with Gasteiger partial charge < -0.3 is 14.4 Å². The second-order valence-electron chi connectivity index (χ2n) is 4.99. The Hall–Kier alpha value is -1.46. The van der Waals surface area contributed by atoms with Gasteiger partial charge in [0.1, 0.15) is 5.82 Å². The minimum atomic E-state index is -0.290. The Kier molecular flexibility index (Phi) is 5.09. The van der Waals surface area contributed by atoms with E-state index in [1.807, 2.05) is 0 Å². The zero-order valence-corrected chi connectivity index (χ0v) is 11.9. The van der Waals surface area contributed by atoms with Gasteiger partial charge in [-0.05, 0) is 37.1 Å². The van der Waals surface area contributed by atoms with Crippen molar-refractivity contribution in [3.63, 3.8) is 0 Å². The molecule has 1 atom stereocenters. The van der Waals surface area contributed by atoms with Crippen molar-refractivity contribution < 1.29 is 18.7 Å². The van der Waals surface area contributed by atoms with Crippen LogP contribution in [-0.2, 0) is 9.47 Å². The maximum atomic E-state index is 13.2. The van der Waals surface area contributed by atoms with Gasteiger partial charge in [-0.1, -0.05) is 0 Å². The van der Waals surface area contributed by atoms with Crippen molar-refractivity contribution in [2.75, 3.05) is 33.4 Å². The fourth-order valence-corrected chi connectivity index (χ4v) is 2.29. The first-order valence-electron chi connectivity index (χ1n) is 6.77. The average molecular weight is 281 g/mol. The topological polar surface area (TPSA) is 38.8 Å². The van der Waals surface area contributed by atoms with Crippen LogP contribution >= 0.6 is 0 Å². The van der Waals surface area contributed by atoms with E-state index in [1.165, 1.54) is 12.1 Å². The van der Waals surface area contributed by atoms with Gasteiger partial charge >= 0.3 is 0 Å². The molecule has 4 nitrogen and oxygen atoms in total. The molecule has 1 aliphatic rings. The third-order valence-electron chi connectivity index (χ3n) is 3.47. The number of ether oxygens (including phenoxy) is 2. The van der Waals surface area contributed by atoms with E-state index < -0.39 is 0 Å². The molecule has 1 fully saturated rings. The van der Waals surface area contributed by atoms with Gasteiger partial charge in [0.2, 0.25) is 0 Å². The molecule has 0 bridgehead atoms. The molecule has 0 spiro atoms. The van der Waals surface area contributed by atoms with Gasteiger partial charge in [-0.15, -0.1) is 0 Å². The van der Waals surface area contributed by atoms with E-state index in [-0.39, 0.29) is 17.8 Å². The summed E-state index contributed by atoms with van der Waals surface area (Å²) in [4.78, 5) is 14.2. The molecule has 110 valence electrons. The molecule has 1 aliphatic heterocycles. The number of hydrogen-bond donors (Lipinski definition) is 0. The Morgan fingerprint density at radius 2 is 2.35 bits per heavy atom. The Morgan fingerprint density at radius 1 is 1.55 bits per heavy atom. The van der Waals surface area contributed by atoms with Gasteiger partial charge in [0.25, 0.3) is 5.91 Å². The number of benzene rings is 1. The summed E-state index contributed by atoms with van der Waals surface area (Å²) in [7, 11) is 1.65. The quantitative estimate of drug-likeness (QED) is 0.847. The standard InChI is InChI=1S/C15H20FNO3/c1-11-9-12(3-4-14(11)16)15(18)17-6-8-20-13(10-17)5-7-19-2/h3-4,9,13H,5-8,10H2,1-2H3/t13-/m0/s1. The number of aryl methyl sites for hydroxylation is 1. The number of rotatable bonds is 4. The zero-order chi connectivity index (χ0) is 14.5. The van der Waals surface area contributed by atoms with Crippen molar-refractivity contribution in [2.24, 2.45) is 0 Å². The Labute approximate surface area is 118 Å². The first-order valence-corrected chi connectivity index (χ1v) is 6.77. The predicted molar refractivity (Wildman–Crippen MR) is 73.3 cm³/mol. The molecule has 5 heteroatoms. The molecule has 1 aromatic carbocycles. The number of amides is 1. The van der Waals surface area contributed by atoms with Crippen LogP contribution in [0.1, 0.15) is 22.3 Å². The lowest BCUT2D eigenvalue weighted by Gasteiger charge is -2.33. The van der Waals surface area contributed by atoms with E-state index in [0.717, 1.165) is 6.42 Å². The minimum absolute atomic E-state index is 0.00851. The summed E-state index contributed by atoms with van der Waals surface area (Å²) in [5.74, 6) is -0.361. The van der Waals surface area contributed by atoms with Crippen molar-refractivity contribution in [1.82, 2.24) is 4.90 Å². The van der Waals surface area contributed by atoms with E-state index in [0.29, 0.717) is 37.4 Å². The second-order valence-corrected chi connectivity index (χ2v) is 4.99. The predicted octanol–water partition coefficient (Wildman–Crippen LogP) is 2.01. The van der Waals surface area contributed by atoms with Crippen molar-refractivity contribution in [3.8, 4) is 0 Å². The van der Waals surface area contributed by atoms with Gasteiger partial charge in [0, 0.05) is 32.4 Å². The lowest BCUT2D eigenvalue weighted by Crippen LogP contribution is -2.46. The lowest BCUT2D eigenvalue weighted by atomic mass is 10.1. The van der Waals surface area contributed by atoms with E-state index in [9.17, 15) is 9.18 Å². The SMILES string of the molecule is COCC[C@H]1CN(C(=O)c2ccc(F)c(C)c2)CCO1. The number of halogens is 1. The van der Waals surface area contributed by atoms with Crippen LogP contribution in [-0.4, -0.2) is 50.3 Å². The molecule has 1 aromatic rings. The number of carbonyl (C=O) groups excluding carboxylic acids is 1. The van der Waals surface area contributed by atoms with Crippen LogP contribution in [0.5, 0.6) is 0 Å². The summed E-state index contributed by atoms with van der Waals surface area (Å²) in [6, 6.07) is 4.47. The van der Waals surface area contributed by atoms with Gasteiger partial charge in [0.05, 0.1) is 12.7 Å². The van der Waals surface area contributed by atoms with Crippen LogP contribution in [0.3, 0.4) is 0 Å². The summed E-state index contributed by atoms with van der Waals surface area (Å²) in [6.45, 7) is 3.92. The van der Waals surface area contributed by atoms with Crippen molar-refractivity contribution in [3.05, 3.63) is 35.1 Å². The number of carbonyl (C=O) groups is 1. The largest absolute Gasteiger partial charge is 0.385 e. The summed E-state index contributed by atoms with van der Waals surface area (Å²) < 4.78 is 23.9. The van der Waals surface area contributed by atoms with E-state index in [4.69, 9.17) is 9.47 Å². The number of nitrogens with zero attached hydrogens (tertiary/aromatic N) is 1. The van der Waals surface area contributed by atoms with Gasteiger partial charge in [0.15, 0.2) is 0 Å². The Morgan fingerprint density at radius 3 is 3.05 bits per heavy atom. The highest BCUT2D eigenvalue weighted by Gasteiger charge is 2.25. The third kappa shape index (κ3) is 3.55. The minimum Gasteiger partial charge on any atom is -0.385 e. The lowest BCUT2D eigenvalue weighted by molar-refractivity contribution is -0.0332. The van der Waals surface area contributed by atoms with Crippen molar-refractivity contribution in [1.29, 1.82) is 0 Å². The Balaban J connectivity index is 2.02. The van der Waals surface area contributed by atoms with E-state index >= 15 is 0 Å². The fraction of sp³-hybridized carbons (Fsp3) is 0.533. The number of methoxy groups -OCH3 is 1. The highest BCUT2D eigenvalue weighted by atomic mass is 19.1. The van der Waals surface area contributed by atoms with Crippen molar-refractivity contribution in [2.45, 2.75) is 19.4 Å². The van der Waals surface area contributed by atoms with Crippen LogP contribution in [0.2, 0.25) is 0 Å². The molecule has 0 saturated carbocycles. The summed E-state index contributed by atoms with van der Waals surface area (Å²) >= 11 is 0. The van der Waals surface area contributed by atoms with E-state index in [1.54, 1.807) is 25.0 Å². The highest BCUT2D eigenvalue weighted by Crippen LogP contribution is 2.15. The second kappa shape index (κ2) is 6.81. The van der Waals surface area contributed by atoms with Crippen LogP contribution in [0.15, 0.2) is 18.2 Å².